The lowest BCUT2D eigenvalue weighted by atomic mass is 10.0. The predicted molar refractivity (Wildman–Crippen MR) is 90.3 cm³/mol. The summed E-state index contributed by atoms with van der Waals surface area (Å²) in [6, 6.07) is 6.41. The van der Waals surface area contributed by atoms with Gasteiger partial charge in [0.15, 0.2) is 0 Å². The summed E-state index contributed by atoms with van der Waals surface area (Å²) < 4.78 is 32.5. The van der Waals surface area contributed by atoms with Gasteiger partial charge in [0.05, 0.1) is 11.5 Å². The first-order valence-electron chi connectivity index (χ1n) is 8.41. The number of carbonyl (C=O) groups excluding carboxylic acids is 1. The van der Waals surface area contributed by atoms with E-state index >= 15 is 0 Å². The van der Waals surface area contributed by atoms with Crippen molar-refractivity contribution in [3.8, 4) is 0 Å². The minimum Gasteiger partial charge on any atom is -0.384 e. The first kappa shape index (κ1) is 17.4. The summed E-state index contributed by atoms with van der Waals surface area (Å²) in [4.78, 5) is 14.3. The van der Waals surface area contributed by atoms with Crippen LogP contribution in [0.4, 0.5) is 0 Å². The van der Waals surface area contributed by atoms with Crippen LogP contribution in [0.3, 0.4) is 0 Å². The molecular formula is C17H24N2O4S. The molecule has 0 aromatic heterocycles. The van der Waals surface area contributed by atoms with Gasteiger partial charge in [-0.15, -0.1) is 0 Å². The second-order valence-electron chi connectivity index (χ2n) is 6.50. The van der Waals surface area contributed by atoms with E-state index in [0.717, 1.165) is 32.4 Å². The highest BCUT2D eigenvalue weighted by Gasteiger charge is 2.31. The molecule has 132 valence electrons. The van der Waals surface area contributed by atoms with Gasteiger partial charge in [-0.2, -0.15) is 4.31 Å². The zero-order valence-electron chi connectivity index (χ0n) is 14.0. The van der Waals surface area contributed by atoms with Crippen molar-refractivity contribution >= 4 is 15.9 Å². The van der Waals surface area contributed by atoms with Crippen LogP contribution in [0.5, 0.6) is 0 Å². The molecule has 2 fully saturated rings. The first-order valence-corrected chi connectivity index (χ1v) is 9.85. The molecule has 1 atom stereocenters. The van der Waals surface area contributed by atoms with Crippen molar-refractivity contribution in [1.29, 1.82) is 0 Å². The molecular weight excluding hydrogens is 328 g/mol. The zero-order valence-corrected chi connectivity index (χ0v) is 14.8. The number of benzene rings is 1. The van der Waals surface area contributed by atoms with E-state index < -0.39 is 10.0 Å². The molecule has 1 aromatic rings. The Bertz CT molecular complexity index is 698. The second-order valence-corrected chi connectivity index (χ2v) is 8.44. The number of carbonyl (C=O) groups is 1. The topological polar surface area (TPSA) is 66.9 Å². The number of nitrogens with zero attached hydrogens (tertiary/aromatic N) is 2. The Hall–Kier alpha value is -1.44. The largest absolute Gasteiger partial charge is 0.384 e. The fraction of sp³-hybridized carbons (Fsp3) is 0.588. The highest BCUT2D eigenvalue weighted by Crippen LogP contribution is 2.25. The van der Waals surface area contributed by atoms with Gasteiger partial charge < -0.3 is 9.64 Å². The number of hydrogen-bond donors (Lipinski definition) is 0. The van der Waals surface area contributed by atoms with Gasteiger partial charge in [-0.25, -0.2) is 8.42 Å². The summed E-state index contributed by atoms with van der Waals surface area (Å²) >= 11 is 0. The molecule has 24 heavy (non-hydrogen) atoms. The molecule has 6 nitrogen and oxygen atoms in total. The summed E-state index contributed by atoms with van der Waals surface area (Å²) in [5, 5.41) is 0. The van der Waals surface area contributed by atoms with Crippen molar-refractivity contribution in [2.24, 2.45) is 5.92 Å². The third-order valence-corrected chi connectivity index (χ3v) is 6.61. The quantitative estimate of drug-likeness (QED) is 0.807. The molecule has 1 aromatic carbocycles. The van der Waals surface area contributed by atoms with Crippen LogP contribution in [0.2, 0.25) is 0 Å². The van der Waals surface area contributed by atoms with E-state index in [0.29, 0.717) is 25.3 Å². The van der Waals surface area contributed by atoms with Crippen molar-refractivity contribution in [3.05, 3.63) is 29.8 Å². The minimum atomic E-state index is -3.58. The summed E-state index contributed by atoms with van der Waals surface area (Å²) in [5.74, 6) is 0.138. The number of piperidine rings is 1. The van der Waals surface area contributed by atoms with Crippen molar-refractivity contribution in [2.75, 3.05) is 39.9 Å². The number of sulfonamides is 1. The number of ether oxygens (including phenoxy) is 1. The van der Waals surface area contributed by atoms with E-state index in [1.165, 1.54) is 10.4 Å². The van der Waals surface area contributed by atoms with Crippen LogP contribution in [-0.4, -0.2) is 63.4 Å². The molecule has 2 heterocycles. The molecule has 0 radical (unpaired) electrons. The van der Waals surface area contributed by atoms with Crippen LogP contribution in [0.25, 0.3) is 0 Å². The van der Waals surface area contributed by atoms with Crippen LogP contribution in [0, 0.1) is 5.92 Å². The average molecular weight is 352 g/mol. The Balaban J connectivity index is 1.80. The zero-order chi connectivity index (χ0) is 17.2. The third-order valence-electron chi connectivity index (χ3n) is 4.75. The van der Waals surface area contributed by atoms with Gasteiger partial charge >= 0.3 is 0 Å². The molecule has 7 heteroatoms. The molecule has 3 rings (SSSR count). The van der Waals surface area contributed by atoms with Crippen molar-refractivity contribution in [3.63, 3.8) is 0 Å². The van der Waals surface area contributed by atoms with Crippen LogP contribution in [0.15, 0.2) is 29.2 Å². The van der Waals surface area contributed by atoms with Crippen LogP contribution in [-0.2, 0) is 14.8 Å². The molecule has 0 aliphatic carbocycles. The van der Waals surface area contributed by atoms with E-state index in [4.69, 9.17) is 4.74 Å². The lowest BCUT2D eigenvalue weighted by molar-refractivity contribution is 0.0651. The maximum Gasteiger partial charge on any atom is 0.253 e. The van der Waals surface area contributed by atoms with E-state index in [9.17, 15) is 13.2 Å². The number of hydrogen-bond acceptors (Lipinski definition) is 4. The number of rotatable bonds is 5. The fourth-order valence-electron chi connectivity index (χ4n) is 3.26. The fourth-order valence-corrected chi connectivity index (χ4v) is 4.86. The van der Waals surface area contributed by atoms with Crippen molar-refractivity contribution in [1.82, 2.24) is 9.21 Å². The molecule has 2 aliphatic heterocycles. The van der Waals surface area contributed by atoms with Crippen molar-refractivity contribution in [2.45, 2.75) is 24.2 Å². The summed E-state index contributed by atoms with van der Waals surface area (Å²) in [6.45, 7) is 3.06. The molecule has 0 spiro atoms. The maximum absolute atomic E-state index is 12.9. The third kappa shape index (κ3) is 3.48. The number of likely N-dealkylation sites (tertiary alicyclic amines) is 1. The summed E-state index contributed by atoms with van der Waals surface area (Å²) in [5.41, 5.74) is 0.446. The van der Waals surface area contributed by atoms with Gasteiger partial charge in [-0.3, -0.25) is 4.79 Å². The normalized spacial score (nSPS) is 22.2. The number of amides is 1. The van der Waals surface area contributed by atoms with Gasteiger partial charge in [0.1, 0.15) is 0 Å². The summed E-state index contributed by atoms with van der Waals surface area (Å²) in [7, 11) is -1.94. The Labute approximate surface area is 143 Å². The van der Waals surface area contributed by atoms with Gasteiger partial charge in [-0.05, 0) is 43.4 Å². The monoisotopic (exact) mass is 352 g/mol. The summed E-state index contributed by atoms with van der Waals surface area (Å²) in [6.07, 6.45) is 2.82. The van der Waals surface area contributed by atoms with Gasteiger partial charge in [-0.1, -0.05) is 6.07 Å². The standard InChI is InChI=1S/C17H24N2O4S/c1-23-13-14-5-3-10-19(12-14)24(21,22)16-7-2-6-15(11-16)17(20)18-8-4-9-18/h2,6-7,11,14H,3-5,8-10,12-13H2,1H3/t14-/m1/s1. The molecule has 0 bridgehead atoms. The molecule has 2 aliphatic rings. The lowest BCUT2D eigenvalue weighted by Crippen LogP contribution is -2.42. The number of methoxy groups -OCH3 is 1. The Morgan fingerprint density at radius 1 is 1.25 bits per heavy atom. The van der Waals surface area contributed by atoms with Crippen LogP contribution >= 0.6 is 0 Å². The maximum atomic E-state index is 12.9. The SMILES string of the molecule is COC[C@@H]1CCCN(S(=O)(=O)c2cccc(C(=O)N3CCC3)c2)C1. The smallest absolute Gasteiger partial charge is 0.253 e. The van der Waals surface area contributed by atoms with Crippen LogP contribution in [0.1, 0.15) is 29.6 Å². The van der Waals surface area contributed by atoms with Crippen molar-refractivity contribution < 1.29 is 17.9 Å². The minimum absolute atomic E-state index is 0.0887. The molecule has 0 saturated carbocycles. The van der Waals surface area contributed by atoms with Gasteiger partial charge in [0, 0.05) is 38.9 Å². The first-order chi connectivity index (χ1) is 11.5. The predicted octanol–water partition coefficient (Wildman–Crippen LogP) is 1.58. The van der Waals surface area contributed by atoms with Gasteiger partial charge in [0.2, 0.25) is 10.0 Å². The highest BCUT2D eigenvalue weighted by molar-refractivity contribution is 7.89. The van der Waals surface area contributed by atoms with E-state index in [2.05, 4.69) is 0 Å². The van der Waals surface area contributed by atoms with Crippen LogP contribution < -0.4 is 0 Å². The Morgan fingerprint density at radius 2 is 2.04 bits per heavy atom. The Kier molecular flexibility index (Phi) is 5.22. The molecule has 2 saturated heterocycles. The molecule has 0 N–H and O–H groups in total. The lowest BCUT2D eigenvalue weighted by Gasteiger charge is -2.32. The second kappa shape index (κ2) is 7.21. The Morgan fingerprint density at radius 3 is 2.71 bits per heavy atom. The van der Waals surface area contributed by atoms with E-state index in [-0.39, 0.29) is 16.7 Å². The molecule has 1 amide bonds. The van der Waals surface area contributed by atoms with E-state index in [1.54, 1.807) is 30.2 Å². The average Bonchev–Trinajstić information content (AvgIpc) is 2.54. The van der Waals surface area contributed by atoms with Gasteiger partial charge in [0.25, 0.3) is 5.91 Å². The molecule has 0 unspecified atom stereocenters. The van der Waals surface area contributed by atoms with E-state index in [1.807, 2.05) is 0 Å². The highest BCUT2D eigenvalue weighted by atomic mass is 32.2.